The molecule has 0 fully saturated rings. The quantitative estimate of drug-likeness (QED) is 0.240. The van der Waals surface area contributed by atoms with Gasteiger partial charge >= 0.3 is 18.2 Å². The van der Waals surface area contributed by atoms with Gasteiger partial charge in [0.15, 0.2) is 0 Å². The Kier molecular flexibility index (Phi) is 12.3. The van der Waals surface area contributed by atoms with E-state index in [1.807, 2.05) is 20.8 Å². The van der Waals surface area contributed by atoms with E-state index in [0.29, 0.717) is 5.56 Å². The van der Waals surface area contributed by atoms with Gasteiger partial charge in [-0.1, -0.05) is 26.0 Å². The Morgan fingerprint density at radius 2 is 1.82 bits per heavy atom. The summed E-state index contributed by atoms with van der Waals surface area (Å²) in [5, 5.41) is 2.36. The van der Waals surface area contributed by atoms with E-state index >= 15 is 0 Å². The van der Waals surface area contributed by atoms with Crippen LogP contribution < -0.4 is 15.0 Å². The van der Waals surface area contributed by atoms with Gasteiger partial charge in [0.2, 0.25) is 0 Å². The van der Waals surface area contributed by atoms with Crippen LogP contribution in [0.5, 0.6) is 5.75 Å². The van der Waals surface area contributed by atoms with Crippen molar-refractivity contribution in [1.29, 1.82) is 0 Å². The second-order valence-electron chi connectivity index (χ2n) is 7.87. The summed E-state index contributed by atoms with van der Waals surface area (Å²) in [5.74, 6) is -1.47. The number of urea groups is 1. The first kappa shape index (κ1) is 32.4. The van der Waals surface area contributed by atoms with Gasteiger partial charge in [0.1, 0.15) is 11.6 Å². The zero-order valence-electron chi connectivity index (χ0n) is 22.5. The fraction of sp³-hybridized carbons (Fsp3) is 0.407. The number of hydrogen-bond donors (Lipinski definition) is 1. The van der Waals surface area contributed by atoms with Crippen LogP contribution in [-0.4, -0.2) is 39.4 Å². The maximum Gasteiger partial charge on any atom is 0.416 e. The van der Waals surface area contributed by atoms with Crippen molar-refractivity contribution in [3.63, 3.8) is 0 Å². The predicted molar refractivity (Wildman–Crippen MR) is 138 cm³/mol. The number of anilines is 2. The molecule has 7 nitrogen and oxygen atoms in total. The van der Waals surface area contributed by atoms with Crippen LogP contribution in [0.4, 0.5) is 33.7 Å². The molecule has 210 valence electrons. The second kappa shape index (κ2) is 14.4. The number of amides is 2. The summed E-state index contributed by atoms with van der Waals surface area (Å²) in [6.07, 6.45) is -3.13. The summed E-state index contributed by atoms with van der Waals surface area (Å²) >= 11 is 0. The molecule has 1 aliphatic rings. The number of halogens is 4. The van der Waals surface area contributed by atoms with Gasteiger partial charge in [-0.05, 0) is 43.7 Å². The molecular weight excluding hydrogens is 508 g/mol. The fourth-order valence-electron chi connectivity index (χ4n) is 3.48. The molecule has 0 aromatic heterocycles. The zero-order valence-corrected chi connectivity index (χ0v) is 22.5. The van der Waals surface area contributed by atoms with Crippen molar-refractivity contribution >= 4 is 23.4 Å². The number of ether oxygens (including phenoxy) is 3. The van der Waals surface area contributed by atoms with E-state index in [9.17, 15) is 27.2 Å². The lowest BCUT2D eigenvalue weighted by molar-refractivity contribution is -0.141. The molecule has 0 bridgehead atoms. The highest BCUT2D eigenvalue weighted by Gasteiger charge is 2.40. The molecule has 3 rings (SSSR count). The molecule has 38 heavy (non-hydrogen) atoms. The number of alkyl halides is 3. The standard InChI is InChI=1S/C20H18F4N2O4.C5H10O.C2H6/c1-10-6-12-14(9-17(27)30-3)26(19(28)25-18(12)13(21)7-10)15-8-11(20(22,23)24)4-5-16(15)29-2;1-4-5(2)6-3;1-2/h4-8,14H,9H2,1-3H3,(H,25,28);4-5H,1H2,2-3H3;1-2H3. The minimum absolute atomic E-state index is 0.0235. The van der Waals surface area contributed by atoms with Crippen molar-refractivity contribution < 1.29 is 41.4 Å². The van der Waals surface area contributed by atoms with E-state index in [-0.39, 0.29) is 28.8 Å². The first-order valence-electron chi connectivity index (χ1n) is 11.8. The molecule has 0 saturated carbocycles. The molecule has 2 amide bonds. The maximum absolute atomic E-state index is 14.5. The third-order valence-corrected chi connectivity index (χ3v) is 5.44. The average molecular weight is 543 g/mol. The SMILES string of the molecule is C=CC(C)OC.CC.COC(=O)CC1c2cc(C)cc(F)c2NC(=O)N1c1cc(C(F)(F)F)ccc1OC. The summed E-state index contributed by atoms with van der Waals surface area (Å²) in [6, 6.07) is 3.38. The van der Waals surface area contributed by atoms with Gasteiger partial charge in [0.25, 0.3) is 0 Å². The van der Waals surface area contributed by atoms with Crippen LogP contribution in [0.3, 0.4) is 0 Å². The molecule has 2 aromatic carbocycles. The van der Waals surface area contributed by atoms with E-state index < -0.39 is 42.0 Å². The van der Waals surface area contributed by atoms with Crippen LogP contribution >= 0.6 is 0 Å². The number of carbonyl (C=O) groups is 2. The van der Waals surface area contributed by atoms with E-state index in [2.05, 4.69) is 16.6 Å². The molecule has 0 spiro atoms. The Bertz CT molecular complexity index is 1120. The number of esters is 1. The van der Waals surface area contributed by atoms with Crippen LogP contribution in [-0.2, 0) is 20.4 Å². The van der Waals surface area contributed by atoms with Gasteiger partial charge in [-0.25, -0.2) is 9.18 Å². The van der Waals surface area contributed by atoms with Gasteiger partial charge in [0.05, 0.1) is 49.7 Å². The molecule has 1 aliphatic heterocycles. The van der Waals surface area contributed by atoms with Gasteiger partial charge in [0, 0.05) is 12.7 Å². The molecule has 0 aliphatic carbocycles. The Morgan fingerprint density at radius 1 is 1.18 bits per heavy atom. The summed E-state index contributed by atoms with van der Waals surface area (Å²) < 4.78 is 69.0. The Morgan fingerprint density at radius 3 is 2.29 bits per heavy atom. The molecule has 2 aromatic rings. The number of nitrogens with zero attached hydrogens (tertiary/aromatic N) is 1. The number of fused-ring (bicyclic) bond motifs is 1. The van der Waals surface area contributed by atoms with Crippen LogP contribution in [0, 0.1) is 12.7 Å². The third kappa shape index (κ3) is 7.95. The third-order valence-electron chi connectivity index (χ3n) is 5.44. The van der Waals surface area contributed by atoms with E-state index in [4.69, 9.17) is 9.47 Å². The van der Waals surface area contributed by atoms with Crippen molar-refractivity contribution in [2.45, 2.75) is 52.4 Å². The first-order chi connectivity index (χ1) is 17.9. The fourth-order valence-corrected chi connectivity index (χ4v) is 3.48. The molecule has 1 heterocycles. The summed E-state index contributed by atoms with van der Waals surface area (Å²) in [5.41, 5.74) is -0.623. The highest BCUT2D eigenvalue weighted by atomic mass is 19.4. The van der Waals surface area contributed by atoms with Crippen molar-refractivity contribution in [3.05, 3.63) is 65.5 Å². The molecular formula is C27H34F4N2O5. The number of carbonyl (C=O) groups excluding carboxylic acids is 2. The van der Waals surface area contributed by atoms with Crippen molar-refractivity contribution in [1.82, 2.24) is 0 Å². The lowest BCUT2D eigenvalue weighted by Gasteiger charge is -2.38. The molecule has 1 N–H and O–H groups in total. The highest BCUT2D eigenvalue weighted by Crippen LogP contribution is 2.45. The number of nitrogens with one attached hydrogen (secondary N) is 1. The Labute approximate surface area is 220 Å². The van der Waals surface area contributed by atoms with E-state index in [1.165, 1.54) is 13.2 Å². The molecule has 11 heteroatoms. The second-order valence-corrected chi connectivity index (χ2v) is 7.87. The molecule has 0 saturated heterocycles. The topological polar surface area (TPSA) is 77.1 Å². The minimum atomic E-state index is -4.67. The van der Waals surface area contributed by atoms with E-state index in [1.54, 1.807) is 26.2 Å². The number of hydrogen-bond acceptors (Lipinski definition) is 5. The maximum atomic E-state index is 14.5. The molecule has 2 unspecified atom stereocenters. The average Bonchev–Trinajstić information content (AvgIpc) is 2.89. The van der Waals surface area contributed by atoms with Crippen molar-refractivity contribution in [3.8, 4) is 5.75 Å². The smallest absolute Gasteiger partial charge is 0.416 e. The van der Waals surface area contributed by atoms with Crippen LogP contribution in [0.2, 0.25) is 0 Å². The number of rotatable bonds is 6. The summed E-state index contributed by atoms with van der Waals surface area (Å²) in [6.45, 7) is 11.1. The van der Waals surface area contributed by atoms with Gasteiger partial charge in [-0.3, -0.25) is 9.69 Å². The van der Waals surface area contributed by atoms with Gasteiger partial charge in [-0.15, -0.1) is 6.58 Å². The van der Waals surface area contributed by atoms with Gasteiger partial charge in [-0.2, -0.15) is 13.2 Å². The minimum Gasteiger partial charge on any atom is -0.495 e. The van der Waals surface area contributed by atoms with E-state index in [0.717, 1.165) is 30.2 Å². The lowest BCUT2D eigenvalue weighted by atomic mass is 9.94. The van der Waals surface area contributed by atoms with Gasteiger partial charge < -0.3 is 19.5 Å². The number of aryl methyl sites for hydroxylation is 1. The van der Waals surface area contributed by atoms with Crippen LogP contribution in [0.15, 0.2) is 43.0 Å². The number of benzene rings is 2. The highest BCUT2D eigenvalue weighted by molar-refractivity contribution is 6.06. The Hall–Kier alpha value is -3.60. The first-order valence-corrected chi connectivity index (χ1v) is 11.8. The van der Waals surface area contributed by atoms with Crippen LogP contribution in [0.25, 0.3) is 0 Å². The lowest BCUT2D eigenvalue weighted by Crippen LogP contribution is -2.44. The predicted octanol–water partition coefficient (Wildman–Crippen LogP) is 7.05. The largest absolute Gasteiger partial charge is 0.495 e. The van der Waals surface area contributed by atoms with Crippen molar-refractivity contribution in [2.75, 3.05) is 31.5 Å². The zero-order chi connectivity index (χ0) is 29.2. The molecule has 2 atom stereocenters. The summed E-state index contributed by atoms with van der Waals surface area (Å²) in [4.78, 5) is 25.9. The molecule has 0 radical (unpaired) electrons. The monoisotopic (exact) mass is 542 g/mol. The van der Waals surface area contributed by atoms with Crippen molar-refractivity contribution in [2.24, 2.45) is 0 Å². The Balaban J connectivity index is 0.000000795. The van der Waals surface area contributed by atoms with Crippen LogP contribution in [0.1, 0.15) is 49.9 Å². The summed E-state index contributed by atoms with van der Waals surface area (Å²) in [7, 11) is 4.03. The number of methoxy groups -OCH3 is 3. The normalized spacial score (nSPS) is 15.0.